The summed E-state index contributed by atoms with van der Waals surface area (Å²) in [6.07, 6.45) is 6.73. The number of nitrogens with zero attached hydrogens (tertiary/aromatic N) is 1. The first-order valence-corrected chi connectivity index (χ1v) is 9.46. The van der Waals surface area contributed by atoms with Crippen LogP contribution in [0.15, 0.2) is 18.2 Å². The van der Waals surface area contributed by atoms with Gasteiger partial charge in [0.05, 0.1) is 33.0 Å². The predicted molar refractivity (Wildman–Crippen MR) is 105 cm³/mol. The van der Waals surface area contributed by atoms with E-state index in [0.29, 0.717) is 18.8 Å². The van der Waals surface area contributed by atoms with E-state index in [2.05, 4.69) is 11.0 Å². The van der Waals surface area contributed by atoms with Crippen LogP contribution in [0.2, 0.25) is 0 Å². The molecule has 0 radical (unpaired) electrons. The van der Waals surface area contributed by atoms with E-state index in [4.69, 9.17) is 14.2 Å². The molecule has 3 rings (SSSR count). The van der Waals surface area contributed by atoms with E-state index in [1.165, 1.54) is 24.8 Å². The zero-order valence-electron chi connectivity index (χ0n) is 15.9. The first kappa shape index (κ1) is 21.3. The SMILES string of the molecule is COc1ccc(CCOC2CCCCC2N2CC[C@@H](O)C2)cc1OC.Cl. The molecule has 0 spiro atoms. The van der Waals surface area contributed by atoms with Gasteiger partial charge >= 0.3 is 0 Å². The molecule has 1 heterocycles. The third-order valence-corrected chi connectivity index (χ3v) is 5.50. The lowest BCUT2D eigenvalue weighted by Crippen LogP contribution is -2.46. The third kappa shape index (κ3) is 5.26. The summed E-state index contributed by atoms with van der Waals surface area (Å²) in [5, 5.41) is 9.83. The monoisotopic (exact) mass is 385 g/mol. The second-order valence-electron chi connectivity index (χ2n) is 7.14. The number of rotatable bonds is 7. The molecular formula is C20H32ClNO4. The molecule has 2 fully saturated rings. The number of aliphatic hydroxyl groups is 1. The Balaban J connectivity index is 0.00000243. The van der Waals surface area contributed by atoms with E-state index >= 15 is 0 Å². The second-order valence-corrected chi connectivity index (χ2v) is 7.14. The van der Waals surface area contributed by atoms with Crippen molar-refractivity contribution < 1.29 is 19.3 Å². The van der Waals surface area contributed by atoms with Gasteiger partial charge in [0, 0.05) is 19.1 Å². The number of likely N-dealkylation sites (tertiary alicyclic amines) is 1. The number of aliphatic hydroxyl groups excluding tert-OH is 1. The highest BCUT2D eigenvalue weighted by atomic mass is 35.5. The number of benzene rings is 1. The second kappa shape index (κ2) is 10.4. The predicted octanol–water partition coefficient (Wildman–Crippen LogP) is 3.06. The zero-order valence-corrected chi connectivity index (χ0v) is 16.7. The number of ether oxygens (including phenoxy) is 3. The van der Waals surface area contributed by atoms with Crippen LogP contribution in [0.1, 0.15) is 37.7 Å². The molecule has 2 unspecified atom stereocenters. The molecule has 2 aliphatic rings. The molecule has 1 aromatic rings. The van der Waals surface area contributed by atoms with E-state index in [-0.39, 0.29) is 18.5 Å². The topological polar surface area (TPSA) is 51.2 Å². The lowest BCUT2D eigenvalue weighted by molar-refractivity contribution is -0.0316. The standard InChI is InChI=1S/C20H31NO4.ClH/c1-23-19-8-7-15(13-20(19)24-2)10-12-25-18-6-4-3-5-17(18)21-11-9-16(22)14-21;/h7-8,13,16-18,22H,3-6,9-12,14H2,1-2H3;1H/t16-,17?,18?;/m1./s1. The summed E-state index contributed by atoms with van der Waals surface area (Å²) in [6.45, 7) is 2.52. The van der Waals surface area contributed by atoms with Gasteiger partial charge in [-0.05, 0) is 43.4 Å². The maximum Gasteiger partial charge on any atom is 0.160 e. The van der Waals surface area contributed by atoms with Gasteiger partial charge in [0.25, 0.3) is 0 Å². The van der Waals surface area contributed by atoms with Crippen molar-refractivity contribution in [3.05, 3.63) is 23.8 Å². The molecule has 148 valence electrons. The van der Waals surface area contributed by atoms with Crippen molar-refractivity contribution in [2.24, 2.45) is 0 Å². The van der Waals surface area contributed by atoms with Gasteiger partial charge < -0.3 is 19.3 Å². The maximum atomic E-state index is 9.83. The number of hydrogen-bond acceptors (Lipinski definition) is 5. The fraction of sp³-hybridized carbons (Fsp3) is 0.700. The molecule has 3 atom stereocenters. The molecule has 0 bridgehead atoms. The summed E-state index contributed by atoms with van der Waals surface area (Å²) >= 11 is 0. The fourth-order valence-corrected chi connectivity index (χ4v) is 4.12. The summed E-state index contributed by atoms with van der Waals surface area (Å²) in [4.78, 5) is 2.44. The Morgan fingerprint density at radius 1 is 1.08 bits per heavy atom. The average Bonchev–Trinajstić information content (AvgIpc) is 3.08. The molecule has 0 aromatic heterocycles. The van der Waals surface area contributed by atoms with Crippen molar-refractivity contribution in [2.75, 3.05) is 33.9 Å². The average molecular weight is 386 g/mol. The van der Waals surface area contributed by atoms with Crippen molar-refractivity contribution in [3.63, 3.8) is 0 Å². The maximum absolute atomic E-state index is 9.83. The number of β-amino-alcohol motifs (C(OH)–C–C–N with tert-alkyl or cyclic N) is 1. The van der Waals surface area contributed by atoms with E-state index in [1.54, 1.807) is 14.2 Å². The molecule has 0 amide bonds. The van der Waals surface area contributed by atoms with Crippen LogP contribution in [0.3, 0.4) is 0 Å². The Morgan fingerprint density at radius 3 is 2.54 bits per heavy atom. The Labute approximate surface area is 163 Å². The molecule has 1 aliphatic carbocycles. The molecule has 5 nitrogen and oxygen atoms in total. The van der Waals surface area contributed by atoms with Crippen LogP contribution in [-0.2, 0) is 11.2 Å². The van der Waals surface area contributed by atoms with Gasteiger partial charge in [-0.3, -0.25) is 4.90 Å². The minimum Gasteiger partial charge on any atom is -0.493 e. The summed E-state index contributed by atoms with van der Waals surface area (Å²) in [7, 11) is 3.31. The largest absolute Gasteiger partial charge is 0.493 e. The van der Waals surface area contributed by atoms with Crippen LogP contribution < -0.4 is 9.47 Å². The van der Waals surface area contributed by atoms with E-state index in [9.17, 15) is 5.11 Å². The first-order chi connectivity index (χ1) is 12.2. The van der Waals surface area contributed by atoms with Gasteiger partial charge in [-0.15, -0.1) is 12.4 Å². The third-order valence-electron chi connectivity index (χ3n) is 5.50. The lowest BCUT2D eigenvalue weighted by Gasteiger charge is -2.37. The normalized spacial score (nSPS) is 26.3. The van der Waals surface area contributed by atoms with E-state index in [1.807, 2.05) is 12.1 Å². The van der Waals surface area contributed by atoms with Crippen LogP contribution in [0, 0.1) is 0 Å². The summed E-state index contributed by atoms with van der Waals surface area (Å²) < 4.78 is 16.9. The van der Waals surface area contributed by atoms with E-state index < -0.39 is 0 Å². The van der Waals surface area contributed by atoms with Gasteiger partial charge in [0.15, 0.2) is 11.5 Å². The van der Waals surface area contributed by atoms with Gasteiger partial charge in [0.1, 0.15) is 0 Å². The highest BCUT2D eigenvalue weighted by Crippen LogP contribution is 2.30. The molecular weight excluding hydrogens is 354 g/mol. The van der Waals surface area contributed by atoms with Crippen LogP contribution in [0.5, 0.6) is 11.5 Å². The van der Waals surface area contributed by atoms with Crippen LogP contribution >= 0.6 is 12.4 Å². The minimum atomic E-state index is -0.158. The molecule has 1 saturated carbocycles. The van der Waals surface area contributed by atoms with Crippen molar-refractivity contribution >= 4 is 12.4 Å². The summed E-state index contributed by atoms with van der Waals surface area (Å²) in [5.41, 5.74) is 1.20. The van der Waals surface area contributed by atoms with Crippen molar-refractivity contribution in [1.82, 2.24) is 4.90 Å². The van der Waals surface area contributed by atoms with Crippen LogP contribution in [0.25, 0.3) is 0 Å². The summed E-state index contributed by atoms with van der Waals surface area (Å²) in [6, 6.07) is 6.51. The summed E-state index contributed by atoms with van der Waals surface area (Å²) in [5.74, 6) is 1.52. The number of hydrogen-bond donors (Lipinski definition) is 1. The molecule has 1 N–H and O–H groups in total. The quantitative estimate of drug-likeness (QED) is 0.781. The Morgan fingerprint density at radius 2 is 1.85 bits per heavy atom. The first-order valence-electron chi connectivity index (χ1n) is 9.46. The highest BCUT2D eigenvalue weighted by molar-refractivity contribution is 5.85. The van der Waals surface area contributed by atoms with Crippen molar-refractivity contribution in [3.8, 4) is 11.5 Å². The Bertz CT molecular complexity index is 557. The number of halogens is 1. The zero-order chi connectivity index (χ0) is 17.6. The van der Waals surface area contributed by atoms with Crippen molar-refractivity contribution in [1.29, 1.82) is 0 Å². The fourth-order valence-electron chi connectivity index (χ4n) is 4.12. The molecule has 1 saturated heterocycles. The van der Waals surface area contributed by atoms with Gasteiger partial charge in [0.2, 0.25) is 0 Å². The lowest BCUT2D eigenvalue weighted by atomic mass is 9.91. The van der Waals surface area contributed by atoms with Crippen LogP contribution in [0.4, 0.5) is 0 Å². The Kier molecular flexibility index (Phi) is 8.48. The molecule has 1 aromatic carbocycles. The van der Waals surface area contributed by atoms with E-state index in [0.717, 1.165) is 43.9 Å². The van der Waals surface area contributed by atoms with Crippen molar-refractivity contribution in [2.45, 2.75) is 56.8 Å². The van der Waals surface area contributed by atoms with Gasteiger partial charge in [-0.25, -0.2) is 0 Å². The Hall–Kier alpha value is -1.01. The molecule has 1 aliphatic heterocycles. The molecule has 6 heteroatoms. The highest BCUT2D eigenvalue weighted by Gasteiger charge is 2.34. The van der Waals surface area contributed by atoms with Crippen LogP contribution in [-0.4, -0.2) is 62.2 Å². The number of methoxy groups -OCH3 is 2. The molecule has 26 heavy (non-hydrogen) atoms. The minimum absolute atomic E-state index is 0. The van der Waals surface area contributed by atoms with Gasteiger partial charge in [-0.2, -0.15) is 0 Å². The van der Waals surface area contributed by atoms with Gasteiger partial charge in [-0.1, -0.05) is 18.9 Å². The smallest absolute Gasteiger partial charge is 0.160 e.